The second-order valence-electron chi connectivity index (χ2n) is 6.73. The maximum absolute atomic E-state index is 12.7. The molecular formula is C20H16ClF3N4O2. The van der Waals surface area contributed by atoms with Gasteiger partial charge in [0.25, 0.3) is 0 Å². The third-order valence-electron chi connectivity index (χ3n) is 4.73. The molecule has 0 amide bonds. The van der Waals surface area contributed by atoms with E-state index in [9.17, 15) is 13.2 Å². The highest BCUT2D eigenvalue weighted by molar-refractivity contribution is 6.31. The van der Waals surface area contributed by atoms with Crippen LogP contribution in [0.2, 0.25) is 5.02 Å². The number of aliphatic hydroxyl groups excluding tert-OH is 1. The summed E-state index contributed by atoms with van der Waals surface area (Å²) in [6.45, 7) is 0.332. The van der Waals surface area contributed by atoms with Crippen LogP contribution < -0.4 is 4.90 Å². The summed E-state index contributed by atoms with van der Waals surface area (Å²) in [5, 5.41) is 9.54. The number of pyridine rings is 2. The summed E-state index contributed by atoms with van der Waals surface area (Å²) in [6.07, 6.45) is 3.73. The van der Waals surface area contributed by atoms with Gasteiger partial charge < -0.3 is 14.4 Å². The highest BCUT2D eigenvalue weighted by Crippen LogP contribution is 2.34. The van der Waals surface area contributed by atoms with E-state index in [1.807, 2.05) is 6.08 Å². The van der Waals surface area contributed by atoms with E-state index in [4.69, 9.17) is 21.1 Å². The van der Waals surface area contributed by atoms with E-state index in [-0.39, 0.29) is 12.5 Å². The summed E-state index contributed by atoms with van der Waals surface area (Å²) in [5.41, 5.74) is 0.917. The van der Waals surface area contributed by atoms with Crippen LogP contribution in [-0.4, -0.2) is 26.6 Å². The molecule has 6 nitrogen and oxygen atoms in total. The Morgan fingerprint density at radius 1 is 1.23 bits per heavy atom. The van der Waals surface area contributed by atoms with Crippen LogP contribution in [0.3, 0.4) is 0 Å². The molecule has 0 bridgehead atoms. The van der Waals surface area contributed by atoms with Gasteiger partial charge in [0.15, 0.2) is 0 Å². The van der Waals surface area contributed by atoms with Crippen LogP contribution in [-0.2, 0) is 12.8 Å². The molecule has 1 aliphatic rings. The Bertz CT molecular complexity index is 1070. The highest BCUT2D eigenvalue weighted by Gasteiger charge is 2.31. The lowest BCUT2D eigenvalue weighted by atomic mass is 9.97. The Hall–Kier alpha value is -2.91. The zero-order chi connectivity index (χ0) is 21.3. The van der Waals surface area contributed by atoms with E-state index in [1.54, 1.807) is 23.4 Å². The third kappa shape index (κ3) is 4.17. The van der Waals surface area contributed by atoms with Crippen molar-refractivity contribution in [3.05, 3.63) is 71.1 Å². The van der Waals surface area contributed by atoms with Gasteiger partial charge >= 0.3 is 6.18 Å². The van der Waals surface area contributed by atoms with Gasteiger partial charge in [0, 0.05) is 31.1 Å². The predicted molar refractivity (Wildman–Crippen MR) is 104 cm³/mol. The average molecular weight is 437 g/mol. The first-order chi connectivity index (χ1) is 14.3. The molecule has 0 saturated heterocycles. The van der Waals surface area contributed by atoms with Gasteiger partial charge in [-0.1, -0.05) is 17.7 Å². The number of oxazole rings is 1. The minimum atomic E-state index is -4.41. The number of alkyl halides is 3. The molecule has 1 N–H and O–H groups in total. The minimum Gasteiger partial charge on any atom is -0.444 e. The summed E-state index contributed by atoms with van der Waals surface area (Å²) in [4.78, 5) is 14.3. The first kappa shape index (κ1) is 20.4. The van der Waals surface area contributed by atoms with Crippen molar-refractivity contribution >= 4 is 17.4 Å². The number of allylic oxidation sites excluding steroid dienone is 1. The molecule has 1 aliphatic heterocycles. The van der Waals surface area contributed by atoms with E-state index >= 15 is 0 Å². The molecule has 1 unspecified atom stereocenters. The maximum atomic E-state index is 12.7. The highest BCUT2D eigenvalue weighted by atomic mass is 35.5. The molecule has 3 aromatic heterocycles. The number of hydrogen-bond acceptors (Lipinski definition) is 6. The zero-order valence-corrected chi connectivity index (χ0v) is 16.2. The first-order valence-electron chi connectivity index (χ1n) is 9.04. The third-order valence-corrected chi connectivity index (χ3v) is 5.03. The van der Waals surface area contributed by atoms with Crippen LogP contribution in [0.25, 0.3) is 11.5 Å². The molecule has 0 spiro atoms. The molecule has 4 heterocycles. The van der Waals surface area contributed by atoms with Crippen LogP contribution in [0.5, 0.6) is 0 Å². The monoisotopic (exact) mass is 436 g/mol. The fourth-order valence-corrected chi connectivity index (χ4v) is 3.46. The lowest BCUT2D eigenvalue weighted by Crippen LogP contribution is -2.24. The van der Waals surface area contributed by atoms with Crippen molar-refractivity contribution in [1.29, 1.82) is 0 Å². The molecular weight excluding hydrogens is 421 g/mol. The van der Waals surface area contributed by atoms with Crippen molar-refractivity contribution in [3.63, 3.8) is 0 Å². The number of nitrogens with zero attached hydrogens (tertiary/aromatic N) is 4. The number of aliphatic hydroxyl groups is 1. The number of anilines is 1. The average Bonchev–Trinajstić information content (AvgIpc) is 3.23. The van der Waals surface area contributed by atoms with Gasteiger partial charge in [0.1, 0.15) is 17.8 Å². The summed E-state index contributed by atoms with van der Waals surface area (Å²) < 4.78 is 43.4. The molecule has 0 fully saturated rings. The molecule has 0 aromatic carbocycles. The van der Waals surface area contributed by atoms with Gasteiger partial charge in [-0.3, -0.25) is 4.98 Å². The number of hydrogen-bond donors (Lipinski definition) is 1. The number of aromatic nitrogens is 3. The molecule has 1 atom stereocenters. The van der Waals surface area contributed by atoms with E-state index in [2.05, 4.69) is 15.0 Å². The Morgan fingerprint density at radius 2 is 2.07 bits per heavy atom. The lowest BCUT2D eigenvalue weighted by Gasteiger charge is -2.27. The van der Waals surface area contributed by atoms with Crippen LogP contribution in [0, 0.1) is 0 Å². The van der Waals surface area contributed by atoms with Gasteiger partial charge in [-0.05, 0) is 24.6 Å². The fraction of sp³-hybridized carbons (Fsp3) is 0.250. The van der Waals surface area contributed by atoms with Crippen LogP contribution in [0.4, 0.5) is 19.0 Å². The Kier molecular flexibility index (Phi) is 5.48. The summed E-state index contributed by atoms with van der Waals surface area (Å²) >= 11 is 6.42. The maximum Gasteiger partial charge on any atom is 0.417 e. The second kappa shape index (κ2) is 8.08. The molecule has 0 aliphatic carbocycles. The topological polar surface area (TPSA) is 75.3 Å². The smallest absolute Gasteiger partial charge is 0.417 e. The largest absolute Gasteiger partial charge is 0.444 e. The normalized spacial score (nSPS) is 16.8. The Morgan fingerprint density at radius 3 is 2.63 bits per heavy atom. The fourth-order valence-electron chi connectivity index (χ4n) is 3.15. The van der Waals surface area contributed by atoms with Crippen molar-refractivity contribution in [2.24, 2.45) is 0 Å². The molecule has 10 heteroatoms. The van der Waals surface area contributed by atoms with Gasteiger partial charge in [-0.2, -0.15) is 13.2 Å². The van der Waals surface area contributed by atoms with E-state index < -0.39 is 11.7 Å². The minimum absolute atomic E-state index is 0.0465. The van der Waals surface area contributed by atoms with Crippen molar-refractivity contribution < 1.29 is 22.7 Å². The van der Waals surface area contributed by atoms with Gasteiger partial charge in [-0.25, -0.2) is 9.97 Å². The molecule has 0 radical (unpaired) electrons. The Balaban J connectivity index is 1.49. The summed E-state index contributed by atoms with van der Waals surface area (Å²) in [5.74, 6) is 0.712. The molecule has 3 aromatic rings. The van der Waals surface area contributed by atoms with Crippen molar-refractivity contribution in [2.75, 3.05) is 11.4 Å². The standard InChI is InChI=1S/C20H16ClF3N4O2/c21-16-7-13(19-27-15(10-29)11-30-19)8-26-18(16)12-3-5-28(6-4-12)17-2-1-14(9-25-17)20(22,23)24/h1-3,5,7-9,11-12,29H,4,6,10H2. The van der Waals surface area contributed by atoms with Gasteiger partial charge in [0.2, 0.25) is 5.89 Å². The quantitative estimate of drug-likeness (QED) is 0.633. The SMILES string of the molecule is OCc1coc(-c2cnc(C3C=CN(c4ccc(C(F)(F)F)cn4)CC3)c(Cl)c2)n1. The molecule has 156 valence electrons. The summed E-state index contributed by atoms with van der Waals surface area (Å²) in [7, 11) is 0. The second-order valence-corrected chi connectivity index (χ2v) is 7.13. The van der Waals surface area contributed by atoms with E-state index in [0.29, 0.717) is 46.6 Å². The van der Waals surface area contributed by atoms with E-state index in [0.717, 1.165) is 12.3 Å². The van der Waals surface area contributed by atoms with Crippen LogP contribution >= 0.6 is 11.6 Å². The number of rotatable bonds is 4. The van der Waals surface area contributed by atoms with Crippen molar-refractivity contribution in [1.82, 2.24) is 15.0 Å². The zero-order valence-electron chi connectivity index (χ0n) is 15.5. The summed E-state index contributed by atoms with van der Waals surface area (Å²) in [6, 6.07) is 4.07. The first-order valence-corrected chi connectivity index (χ1v) is 9.42. The Labute approximate surface area is 174 Å². The van der Waals surface area contributed by atoms with Crippen molar-refractivity contribution in [2.45, 2.75) is 25.1 Å². The van der Waals surface area contributed by atoms with Crippen LogP contribution in [0.15, 0.2) is 53.5 Å². The lowest BCUT2D eigenvalue weighted by molar-refractivity contribution is -0.137. The van der Waals surface area contributed by atoms with Crippen molar-refractivity contribution in [3.8, 4) is 11.5 Å². The van der Waals surface area contributed by atoms with Crippen LogP contribution in [0.1, 0.15) is 29.3 Å². The van der Waals surface area contributed by atoms with Gasteiger partial charge in [0.05, 0.1) is 28.5 Å². The number of halogens is 4. The molecule has 0 saturated carbocycles. The van der Waals surface area contributed by atoms with E-state index in [1.165, 1.54) is 12.3 Å². The molecule has 30 heavy (non-hydrogen) atoms. The molecule has 4 rings (SSSR count). The van der Waals surface area contributed by atoms with Gasteiger partial charge in [-0.15, -0.1) is 0 Å². The predicted octanol–water partition coefficient (Wildman–Crippen LogP) is 4.80.